The summed E-state index contributed by atoms with van der Waals surface area (Å²) in [5.74, 6) is 0. The van der Waals surface area contributed by atoms with Crippen molar-refractivity contribution in [3.8, 4) is 0 Å². The minimum absolute atomic E-state index is 0.632. The number of rotatable bonds is 6. The van der Waals surface area contributed by atoms with Crippen LogP contribution in [0.1, 0.15) is 36.4 Å². The van der Waals surface area contributed by atoms with Gasteiger partial charge in [-0.2, -0.15) is 0 Å². The predicted octanol–water partition coefficient (Wildman–Crippen LogP) is 7.41. The van der Waals surface area contributed by atoms with Crippen molar-refractivity contribution in [2.24, 2.45) is 9.98 Å². The van der Waals surface area contributed by atoms with Crippen LogP contribution in [0.25, 0.3) is 21.5 Å². The van der Waals surface area contributed by atoms with Gasteiger partial charge < -0.3 is 0 Å². The van der Waals surface area contributed by atoms with E-state index in [0.717, 1.165) is 22.8 Å². The number of fused-ring (bicyclic) bond motifs is 2. The molecule has 0 fully saturated rings. The highest BCUT2D eigenvalue weighted by Gasteiger charge is 2.06. The summed E-state index contributed by atoms with van der Waals surface area (Å²) < 4.78 is 0. The number of aromatic nitrogens is 1. The third-order valence-corrected chi connectivity index (χ3v) is 6.22. The van der Waals surface area contributed by atoms with E-state index in [1.807, 2.05) is 32.0 Å². The van der Waals surface area contributed by atoms with Crippen LogP contribution in [0, 0.1) is 0 Å². The van der Waals surface area contributed by atoms with Gasteiger partial charge in [0.1, 0.15) is 0 Å². The van der Waals surface area contributed by atoms with Crippen LogP contribution in [-0.2, 0) is 13.1 Å². The molecule has 5 rings (SSSR count). The van der Waals surface area contributed by atoms with E-state index in [-0.39, 0.29) is 0 Å². The van der Waals surface area contributed by atoms with Gasteiger partial charge in [-0.3, -0.25) is 9.98 Å². The fraction of sp³-hybridized carbons (Fsp3) is 0.129. The molecule has 0 saturated carbocycles. The van der Waals surface area contributed by atoms with Crippen LogP contribution in [0.2, 0.25) is 0 Å². The molecule has 0 atom stereocenters. The Bertz CT molecular complexity index is 1410. The summed E-state index contributed by atoms with van der Waals surface area (Å²) in [7, 11) is 0. The maximum Gasteiger partial charge on any atom is 0.0845 e. The lowest BCUT2D eigenvalue weighted by molar-refractivity contribution is 1.06. The van der Waals surface area contributed by atoms with Gasteiger partial charge >= 0.3 is 0 Å². The zero-order valence-corrected chi connectivity index (χ0v) is 19.6. The molecule has 0 aliphatic rings. The van der Waals surface area contributed by atoms with Crippen LogP contribution in [0.3, 0.4) is 0 Å². The average molecular weight is 442 g/mol. The Morgan fingerprint density at radius 3 is 1.44 bits per heavy atom. The van der Waals surface area contributed by atoms with E-state index in [4.69, 9.17) is 15.0 Å². The molecule has 0 unspecified atom stereocenters. The Labute approximate surface area is 200 Å². The minimum atomic E-state index is 0.632. The Kier molecular flexibility index (Phi) is 6.26. The summed E-state index contributed by atoms with van der Waals surface area (Å²) in [5, 5.41) is 4.98. The van der Waals surface area contributed by atoms with Gasteiger partial charge in [0.25, 0.3) is 0 Å². The number of benzene rings is 4. The van der Waals surface area contributed by atoms with Crippen molar-refractivity contribution < 1.29 is 0 Å². The molecule has 1 heterocycles. The quantitative estimate of drug-likeness (QED) is 0.253. The molecule has 0 radical (unpaired) electrons. The second kappa shape index (κ2) is 9.80. The monoisotopic (exact) mass is 441 g/mol. The highest BCUT2D eigenvalue weighted by molar-refractivity contribution is 6.01. The molecule has 0 aliphatic carbocycles. The highest BCUT2D eigenvalue weighted by Crippen LogP contribution is 2.20. The lowest BCUT2D eigenvalue weighted by Gasteiger charge is -2.07. The van der Waals surface area contributed by atoms with E-state index in [1.165, 1.54) is 32.7 Å². The van der Waals surface area contributed by atoms with Crippen LogP contribution in [0.15, 0.2) is 113 Å². The smallest absolute Gasteiger partial charge is 0.0845 e. The van der Waals surface area contributed by atoms with Crippen LogP contribution in [-0.4, -0.2) is 16.4 Å². The first kappa shape index (κ1) is 21.7. The van der Waals surface area contributed by atoms with Crippen LogP contribution < -0.4 is 0 Å². The molecule has 0 saturated heterocycles. The second-order valence-corrected chi connectivity index (χ2v) is 8.49. The van der Waals surface area contributed by atoms with E-state index in [0.29, 0.717) is 13.1 Å². The lowest BCUT2D eigenvalue weighted by atomic mass is 10.0. The summed E-state index contributed by atoms with van der Waals surface area (Å²) in [6, 6.07) is 35.7. The molecular weight excluding hydrogens is 414 g/mol. The van der Waals surface area contributed by atoms with E-state index >= 15 is 0 Å². The molecule has 5 aromatic rings. The number of pyridine rings is 1. The molecule has 0 amide bonds. The molecule has 3 nitrogen and oxygen atoms in total. The standard InChI is InChI=1S/C31H27N3/c1-22(32-20-26-14-7-12-24-10-3-5-16-28(24)26)30-18-9-19-31(34-30)23(2)33-21-27-15-8-13-25-11-4-6-17-29(25)27/h3-19H,20-21H2,1-2H3. The van der Waals surface area contributed by atoms with Gasteiger partial charge in [0.2, 0.25) is 0 Å². The largest absolute Gasteiger partial charge is 0.283 e. The lowest BCUT2D eigenvalue weighted by Crippen LogP contribution is -2.06. The number of hydrogen-bond donors (Lipinski definition) is 0. The summed E-state index contributed by atoms with van der Waals surface area (Å²) in [6.45, 7) is 5.32. The van der Waals surface area contributed by atoms with Crippen molar-refractivity contribution in [2.45, 2.75) is 26.9 Å². The van der Waals surface area contributed by atoms with Gasteiger partial charge in [-0.25, -0.2) is 4.98 Å². The third-order valence-electron chi connectivity index (χ3n) is 6.22. The molecule has 3 heteroatoms. The molecular formula is C31H27N3. The summed E-state index contributed by atoms with van der Waals surface area (Å²) in [6.07, 6.45) is 0. The highest BCUT2D eigenvalue weighted by atomic mass is 14.8. The fourth-order valence-corrected chi connectivity index (χ4v) is 4.27. The predicted molar refractivity (Wildman–Crippen MR) is 144 cm³/mol. The number of hydrogen-bond acceptors (Lipinski definition) is 3. The molecule has 4 aromatic carbocycles. The minimum Gasteiger partial charge on any atom is -0.283 e. The molecule has 0 aliphatic heterocycles. The topological polar surface area (TPSA) is 37.6 Å². The summed E-state index contributed by atoms with van der Waals surface area (Å²) >= 11 is 0. The van der Waals surface area contributed by atoms with Gasteiger partial charge in [0.15, 0.2) is 0 Å². The van der Waals surface area contributed by atoms with E-state index in [1.54, 1.807) is 0 Å². The van der Waals surface area contributed by atoms with Crippen LogP contribution >= 0.6 is 0 Å². The van der Waals surface area contributed by atoms with Crippen molar-refractivity contribution in [2.75, 3.05) is 0 Å². The van der Waals surface area contributed by atoms with Crippen molar-refractivity contribution in [1.29, 1.82) is 0 Å². The maximum atomic E-state index is 4.86. The van der Waals surface area contributed by atoms with Gasteiger partial charge in [-0.1, -0.05) is 91.0 Å². The van der Waals surface area contributed by atoms with Gasteiger partial charge in [0, 0.05) is 0 Å². The van der Waals surface area contributed by atoms with Crippen LogP contribution in [0.4, 0.5) is 0 Å². The first-order valence-electron chi connectivity index (χ1n) is 11.6. The van der Waals surface area contributed by atoms with Gasteiger partial charge in [-0.15, -0.1) is 0 Å². The Hall–Kier alpha value is -4.11. The van der Waals surface area contributed by atoms with E-state index in [2.05, 4.69) is 84.9 Å². The fourth-order valence-electron chi connectivity index (χ4n) is 4.27. The van der Waals surface area contributed by atoms with E-state index < -0.39 is 0 Å². The molecule has 0 bridgehead atoms. The number of aliphatic imine (C=N–C) groups is 2. The van der Waals surface area contributed by atoms with Gasteiger partial charge in [-0.05, 0) is 58.7 Å². The normalized spacial score (nSPS) is 12.4. The molecule has 1 aromatic heterocycles. The SMILES string of the molecule is CC(=NCc1cccc2ccccc12)c1cccc(C(C)=NCc2cccc3ccccc23)n1. The van der Waals surface area contributed by atoms with Crippen LogP contribution in [0.5, 0.6) is 0 Å². The molecule has 34 heavy (non-hydrogen) atoms. The first-order valence-corrected chi connectivity index (χ1v) is 11.6. The summed E-state index contributed by atoms with van der Waals surface area (Å²) in [4.78, 5) is 14.6. The van der Waals surface area contributed by atoms with Crippen molar-refractivity contribution in [1.82, 2.24) is 4.98 Å². The number of nitrogens with zero attached hydrogens (tertiary/aromatic N) is 3. The Morgan fingerprint density at radius 1 is 0.529 bits per heavy atom. The second-order valence-electron chi connectivity index (χ2n) is 8.49. The summed E-state index contributed by atoms with van der Waals surface area (Å²) in [5.41, 5.74) is 6.08. The van der Waals surface area contributed by atoms with E-state index in [9.17, 15) is 0 Å². The van der Waals surface area contributed by atoms with Crippen molar-refractivity contribution >= 4 is 33.0 Å². The Morgan fingerprint density at radius 2 is 0.941 bits per heavy atom. The van der Waals surface area contributed by atoms with Crippen molar-refractivity contribution in [3.05, 3.63) is 126 Å². The Balaban J connectivity index is 1.36. The average Bonchev–Trinajstić information content (AvgIpc) is 2.90. The molecule has 0 N–H and O–H groups in total. The third kappa shape index (κ3) is 4.65. The maximum absolute atomic E-state index is 4.86. The first-order chi connectivity index (χ1) is 16.7. The van der Waals surface area contributed by atoms with Crippen molar-refractivity contribution in [3.63, 3.8) is 0 Å². The molecule has 166 valence electrons. The van der Waals surface area contributed by atoms with Gasteiger partial charge in [0.05, 0.1) is 35.9 Å². The zero-order valence-electron chi connectivity index (χ0n) is 19.6. The zero-order chi connectivity index (χ0) is 23.3. The molecule has 0 spiro atoms.